The summed E-state index contributed by atoms with van der Waals surface area (Å²) in [7, 11) is -1.16. The van der Waals surface area contributed by atoms with E-state index in [0.29, 0.717) is 17.5 Å². The SMILES string of the molecule is O=C(Nc1ccc(CS(=O)c2ccccc2)cc1)c1ccc(F)cc1F. The fourth-order valence-electron chi connectivity index (χ4n) is 2.36. The quantitative estimate of drug-likeness (QED) is 0.716. The van der Waals surface area contributed by atoms with Crippen LogP contribution in [0.5, 0.6) is 0 Å². The van der Waals surface area contributed by atoms with E-state index in [1.165, 1.54) is 0 Å². The zero-order valence-electron chi connectivity index (χ0n) is 13.6. The van der Waals surface area contributed by atoms with Crippen molar-refractivity contribution in [3.63, 3.8) is 0 Å². The zero-order chi connectivity index (χ0) is 18.5. The Morgan fingerprint density at radius 2 is 1.62 bits per heavy atom. The van der Waals surface area contributed by atoms with Crippen molar-refractivity contribution in [1.82, 2.24) is 0 Å². The molecule has 1 amide bonds. The molecule has 26 heavy (non-hydrogen) atoms. The molecule has 0 spiro atoms. The van der Waals surface area contributed by atoms with Gasteiger partial charge in [-0.3, -0.25) is 9.00 Å². The zero-order valence-corrected chi connectivity index (χ0v) is 14.4. The van der Waals surface area contributed by atoms with E-state index in [1.54, 1.807) is 24.3 Å². The third-order valence-electron chi connectivity index (χ3n) is 3.69. The topological polar surface area (TPSA) is 46.2 Å². The number of halogens is 2. The molecule has 0 aliphatic rings. The number of anilines is 1. The van der Waals surface area contributed by atoms with Crippen LogP contribution in [0.25, 0.3) is 0 Å². The Morgan fingerprint density at radius 3 is 2.27 bits per heavy atom. The summed E-state index contributed by atoms with van der Waals surface area (Å²) in [6.45, 7) is 0. The Morgan fingerprint density at radius 1 is 0.923 bits per heavy atom. The van der Waals surface area contributed by atoms with Crippen molar-refractivity contribution in [2.45, 2.75) is 10.6 Å². The second kappa shape index (κ2) is 8.01. The molecule has 0 radical (unpaired) electrons. The van der Waals surface area contributed by atoms with Gasteiger partial charge in [0.25, 0.3) is 5.91 Å². The van der Waals surface area contributed by atoms with E-state index >= 15 is 0 Å². The van der Waals surface area contributed by atoms with Crippen molar-refractivity contribution in [1.29, 1.82) is 0 Å². The first-order valence-electron chi connectivity index (χ1n) is 7.82. The lowest BCUT2D eigenvalue weighted by atomic mass is 10.1. The van der Waals surface area contributed by atoms with Crippen LogP contribution in [0.1, 0.15) is 15.9 Å². The van der Waals surface area contributed by atoms with Crippen molar-refractivity contribution >= 4 is 22.4 Å². The lowest BCUT2D eigenvalue weighted by Gasteiger charge is -2.08. The van der Waals surface area contributed by atoms with Gasteiger partial charge in [-0.2, -0.15) is 0 Å². The van der Waals surface area contributed by atoms with Gasteiger partial charge in [-0.15, -0.1) is 0 Å². The van der Waals surface area contributed by atoms with Crippen molar-refractivity contribution in [2.24, 2.45) is 0 Å². The fraction of sp³-hybridized carbons (Fsp3) is 0.0500. The third kappa shape index (κ3) is 4.40. The largest absolute Gasteiger partial charge is 0.322 e. The molecule has 1 unspecified atom stereocenters. The summed E-state index contributed by atoms with van der Waals surface area (Å²) in [6.07, 6.45) is 0. The first kappa shape index (κ1) is 17.9. The van der Waals surface area contributed by atoms with Gasteiger partial charge in [-0.25, -0.2) is 8.78 Å². The molecule has 1 atom stereocenters. The van der Waals surface area contributed by atoms with Gasteiger partial charge in [0.2, 0.25) is 0 Å². The molecule has 0 heterocycles. The van der Waals surface area contributed by atoms with Gasteiger partial charge in [0.05, 0.1) is 22.1 Å². The number of carbonyl (C=O) groups excluding carboxylic acids is 1. The molecule has 3 nitrogen and oxygen atoms in total. The average Bonchev–Trinajstić information content (AvgIpc) is 2.64. The molecule has 0 bridgehead atoms. The van der Waals surface area contributed by atoms with Crippen LogP contribution in [0.4, 0.5) is 14.5 Å². The molecule has 132 valence electrons. The van der Waals surface area contributed by atoms with Crippen LogP contribution in [0.3, 0.4) is 0 Å². The van der Waals surface area contributed by atoms with Crippen molar-refractivity contribution < 1.29 is 17.8 Å². The first-order valence-corrected chi connectivity index (χ1v) is 9.13. The average molecular weight is 371 g/mol. The van der Waals surface area contributed by atoms with Crippen molar-refractivity contribution in [3.8, 4) is 0 Å². The summed E-state index contributed by atoms with van der Waals surface area (Å²) in [6, 6.07) is 18.7. The molecule has 0 aliphatic carbocycles. The number of benzene rings is 3. The molecule has 3 aromatic carbocycles. The maximum Gasteiger partial charge on any atom is 0.258 e. The summed E-state index contributed by atoms with van der Waals surface area (Å²) in [5.74, 6) is -1.97. The summed E-state index contributed by atoms with van der Waals surface area (Å²) in [5, 5.41) is 2.55. The van der Waals surface area contributed by atoms with Gasteiger partial charge in [0.15, 0.2) is 0 Å². The lowest BCUT2D eigenvalue weighted by Crippen LogP contribution is -2.14. The highest BCUT2D eigenvalue weighted by Gasteiger charge is 2.13. The Bertz CT molecular complexity index is 944. The Hall–Kier alpha value is -2.86. The highest BCUT2D eigenvalue weighted by Crippen LogP contribution is 2.17. The second-order valence-corrected chi connectivity index (χ2v) is 7.03. The second-order valence-electron chi connectivity index (χ2n) is 5.58. The van der Waals surface area contributed by atoms with Crippen LogP contribution in [0.15, 0.2) is 77.7 Å². The van der Waals surface area contributed by atoms with Crippen LogP contribution in [-0.2, 0) is 16.6 Å². The number of nitrogens with one attached hydrogen (secondary N) is 1. The molecule has 0 aromatic heterocycles. The third-order valence-corrected chi connectivity index (χ3v) is 5.08. The van der Waals surface area contributed by atoms with Crippen molar-refractivity contribution in [3.05, 3.63) is 95.6 Å². The normalized spacial score (nSPS) is 11.8. The molecule has 3 aromatic rings. The van der Waals surface area contributed by atoms with Gasteiger partial charge in [-0.05, 0) is 42.0 Å². The maximum atomic E-state index is 13.6. The summed E-state index contributed by atoms with van der Waals surface area (Å²) in [5.41, 5.74) is 1.08. The minimum absolute atomic E-state index is 0.236. The van der Waals surface area contributed by atoms with Gasteiger partial charge in [0.1, 0.15) is 11.6 Å². The molecule has 0 aliphatic heterocycles. The summed E-state index contributed by atoms with van der Waals surface area (Å²) < 4.78 is 38.8. The lowest BCUT2D eigenvalue weighted by molar-refractivity contribution is 0.102. The highest BCUT2D eigenvalue weighted by molar-refractivity contribution is 7.84. The molecule has 0 saturated heterocycles. The molecular formula is C20H15F2NO2S. The Kier molecular flexibility index (Phi) is 5.53. The monoisotopic (exact) mass is 371 g/mol. The van der Waals surface area contributed by atoms with Crippen LogP contribution >= 0.6 is 0 Å². The molecule has 1 N–H and O–H groups in total. The number of carbonyl (C=O) groups is 1. The maximum absolute atomic E-state index is 13.6. The summed E-state index contributed by atoms with van der Waals surface area (Å²) in [4.78, 5) is 12.8. The number of hydrogen-bond acceptors (Lipinski definition) is 2. The Labute approximate surface area is 152 Å². The number of rotatable bonds is 5. The van der Waals surface area contributed by atoms with E-state index < -0.39 is 28.3 Å². The molecule has 3 rings (SSSR count). The predicted octanol–water partition coefficient (Wildman–Crippen LogP) is 4.52. The van der Waals surface area contributed by atoms with E-state index in [0.717, 1.165) is 22.6 Å². The Balaban J connectivity index is 1.66. The van der Waals surface area contributed by atoms with E-state index in [4.69, 9.17) is 0 Å². The van der Waals surface area contributed by atoms with E-state index in [1.807, 2.05) is 30.3 Å². The fourth-order valence-corrected chi connectivity index (χ4v) is 3.49. The van der Waals surface area contributed by atoms with Crippen LogP contribution < -0.4 is 5.32 Å². The molecular weight excluding hydrogens is 356 g/mol. The molecule has 0 fully saturated rings. The van der Waals surface area contributed by atoms with Crippen LogP contribution in [-0.4, -0.2) is 10.1 Å². The van der Waals surface area contributed by atoms with Crippen LogP contribution in [0.2, 0.25) is 0 Å². The van der Waals surface area contributed by atoms with E-state index in [2.05, 4.69) is 5.32 Å². The highest BCUT2D eigenvalue weighted by atomic mass is 32.2. The summed E-state index contributed by atoms with van der Waals surface area (Å²) >= 11 is 0. The van der Waals surface area contributed by atoms with E-state index in [-0.39, 0.29) is 5.56 Å². The predicted molar refractivity (Wildman–Crippen MR) is 97.3 cm³/mol. The number of hydrogen-bond donors (Lipinski definition) is 1. The minimum atomic E-state index is -1.16. The van der Waals surface area contributed by atoms with Gasteiger partial charge >= 0.3 is 0 Å². The van der Waals surface area contributed by atoms with Gasteiger partial charge in [0, 0.05) is 16.6 Å². The first-order chi connectivity index (χ1) is 12.5. The van der Waals surface area contributed by atoms with Gasteiger partial charge < -0.3 is 5.32 Å². The number of amides is 1. The van der Waals surface area contributed by atoms with E-state index in [9.17, 15) is 17.8 Å². The molecule has 0 saturated carbocycles. The van der Waals surface area contributed by atoms with Gasteiger partial charge in [-0.1, -0.05) is 30.3 Å². The molecule has 6 heteroatoms. The smallest absolute Gasteiger partial charge is 0.258 e. The van der Waals surface area contributed by atoms with Crippen molar-refractivity contribution in [2.75, 3.05) is 5.32 Å². The van der Waals surface area contributed by atoms with Crippen LogP contribution in [0, 0.1) is 11.6 Å². The minimum Gasteiger partial charge on any atom is -0.322 e. The standard InChI is InChI=1S/C20H15F2NO2S/c21-15-8-11-18(19(22)12-15)20(24)23-16-9-6-14(7-10-16)13-26(25)17-4-2-1-3-5-17/h1-12H,13H2,(H,23,24).